The minimum atomic E-state index is -0.945. The number of ether oxygens (including phenoxy) is 1. The highest BCUT2D eigenvalue weighted by atomic mass is 35.5. The first-order valence-corrected chi connectivity index (χ1v) is 7.50. The van der Waals surface area contributed by atoms with Gasteiger partial charge >= 0.3 is 0 Å². The van der Waals surface area contributed by atoms with Crippen molar-refractivity contribution in [2.24, 2.45) is 17.1 Å². The summed E-state index contributed by atoms with van der Waals surface area (Å²) in [5.41, 5.74) is 5.18. The lowest BCUT2D eigenvalue weighted by molar-refractivity contribution is -0.229. The van der Waals surface area contributed by atoms with Crippen LogP contribution in [0.4, 0.5) is 0 Å². The highest BCUT2D eigenvalue weighted by molar-refractivity contribution is 5.92. The Labute approximate surface area is 138 Å². The molecule has 2 aliphatic rings. The molecule has 2 amide bonds. The summed E-state index contributed by atoms with van der Waals surface area (Å²) in [7, 11) is 5.00. The minimum Gasteiger partial charge on any atom is -0.377 e. The fourth-order valence-corrected chi connectivity index (χ4v) is 3.74. The van der Waals surface area contributed by atoms with Crippen LogP contribution < -0.4 is 5.73 Å². The smallest absolute Gasteiger partial charge is 0.243 e. The van der Waals surface area contributed by atoms with E-state index in [4.69, 9.17) is 10.5 Å². The third kappa shape index (κ3) is 2.61. The molecule has 0 aromatic heterocycles. The van der Waals surface area contributed by atoms with Gasteiger partial charge in [-0.15, -0.1) is 12.4 Å². The third-order valence-corrected chi connectivity index (χ3v) is 5.26. The van der Waals surface area contributed by atoms with Crippen LogP contribution in [0.5, 0.6) is 0 Å². The van der Waals surface area contributed by atoms with Crippen LogP contribution in [0.15, 0.2) is 0 Å². The van der Waals surface area contributed by atoms with Crippen molar-refractivity contribution in [2.75, 3.05) is 34.3 Å². The predicted molar refractivity (Wildman–Crippen MR) is 86.7 cm³/mol. The number of nitrogens with two attached hydrogens (primary N) is 1. The number of hydrogen-bond acceptors (Lipinski definition) is 4. The van der Waals surface area contributed by atoms with Crippen molar-refractivity contribution < 1.29 is 14.3 Å². The Morgan fingerprint density at radius 2 is 1.86 bits per heavy atom. The summed E-state index contributed by atoms with van der Waals surface area (Å²) in [4.78, 5) is 27.6. The van der Waals surface area contributed by atoms with Crippen LogP contribution in [0.1, 0.15) is 26.7 Å². The largest absolute Gasteiger partial charge is 0.377 e. The van der Waals surface area contributed by atoms with Crippen molar-refractivity contribution in [1.29, 1.82) is 0 Å². The standard InChI is InChI=1S/C15H27N3O3.ClH/c1-14(2)12-10(7-6-8-21-12)15(14,16)13(20)18(5)9-11(19)17(3)4;/h10,12H,6-9,16H2,1-5H3;1H. The highest BCUT2D eigenvalue weighted by Crippen LogP contribution is 2.57. The molecule has 6 nitrogen and oxygen atoms in total. The molecule has 1 aliphatic carbocycles. The summed E-state index contributed by atoms with van der Waals surface area (Å²) in [5.74, 6) is -0.219. The Kier molecular flexibility index (Phi) is 5.53. The summed E-state index contributed by atoms with van der Waals surface area (Å²) >= 11 is 0. The maximum absolute atomic E-state index is 12.9. The van der Waals surface area contributed by atoms with Crippen molar-refractivity contribution >= 4 is 24.2 Å². The molecular formula is C15H28ClN3O3. The number of amides is 2. The normalized spacial score (nSPS) is 32.1. The predicted octanol–water partition coefficient (Wildman–Crippen LogP) is 0.487. The second kappa shape index (κ2) is 6.34. The van der Waals surface area contributed by atoms with Crippen molar-refractivity contribution in [2.45, 2.75) is 38.3 Å². The quantitative estimate of drug-likeness (QED) is 0.815. The first kappa shape index (κ1) is 19.2. The van der Waals surface area contributed by atoms with Gasteiger partial charge in [-0.25, -0.2) is 0 Å². The van der Waals surface area contributed by atoms with Gasteiger partial charge in [0.05, 0.1) is 12.6 Å². The molecule has 2 fully saturated rings. The van der Waals surface area contributed by atoms with E-state index in [2.05, 4.69) is 0 Å². The molecule has 3 atom stereocenters. The van der Waals surface area contributed by atoms with Gasteiger partial charge in [0.25, 0.3) is 0 Å². The lowest BCUT2D eigenvalue weighted by Crippen LogP contribution is -2.82. The highest BCUT2D eigenvalue weighted by Gasteiger charge is 2.70. The lowest BCUT2D eigenvalue weighted by atomic mass is 9.46. The Balaban J connectivity index is 0.00000242. The molecule has 2 N–H and O–H groups in total. The summed E-state index contributed by atoms with van der Waals surface area (Å²) in [6, 6.07) is 0. The van der Waals surface area contributed by atoms with E-state index in [9.17, 15) is 9.59 Å². The summed E-state index contributed by atoms with van der Waals surface area (Å²) < 4.78 is 5.81. The molecule has 1 saturated carbocycles. The average molecular weight is 334 g/mol. The van der Waals surface area contributed by atoms with Crippen LogP contribution in [0, 0.1) is 11.3 Å². The number of halogens is 1. The van der Waals surface area contributed by atoms with Crippen molar-refractivity contribution in [3.05, 3.63) is 0 Å². The van der Waals surface area contributed by atoms with E-state index in [-0.39, 0.29) is 42.8 Å². The van der Waals surface area contributed by atoms with E-state index in [0.717, 1.165) is 19.4 Å². The van der Waals surface area contributed by atoms with Gasteiger partial charge in [0.1, 0.15) is 5.54 Å². The van der Waals surface area contributed by atoms with E-state index in [1.807, 2.05) is 13.8 Å². The summed E-state index contributed by atoms with van der Waals surface area (Å²) in [5, 5.41) is 0. The lowest BCUT2D eigenvalue weighted by Gasteiger charge is -2.65. The monoisotopic (exact) mass is 333 g/mol. The van der Waals surface area contributed by atoms with E-state index < -0.39 is 11.0 Å². The zero-order valence-corrected chi connectivity index (χ0v) is 14.9. The Bertz CT molecular complexity index is 455. The summed E-state index contributed by atoms with van der Waals surface area (Å²) in [6.45, 7) is 4.76. The van der Waals surface area contributed by atoms with Crippen molar-refractivity contribution in [3.63, 3.8) is 0 Å². The van der Waals surface area contributed by atoms with Gasteiger partial charge in [0, 0.05) is 39.1 Å². The zero-order chi connectivity index (χ0) is 16.0. The van der Waals surface area contributed by atoms with Crippen LogP contribution in [0.25, 0.3) is 0 Å². The maximum atomic E-state index is 12.9. The number of fused-ring (bicyclic) bond motifs is 1. The van der Waals surface area contributed by atoms with E-state index in [0.29, 0.717) is 0 Å². The van der Waals surface area contributed by atoms with Gasteiger partial charge in [-0.1, -0.05) is 13.8 Å². The molecule has 7 heteroatoms. The summed E-state index contributed by atoms with van der Waals surface area (Å²) in [6.07, 6.45) is 1.88. The van der Waals surface area contributed by atoms with E-state index in [1.54, 1.807) is 21.1 Å². The molecule has 0 bridgehead atoms. The van der Waals surface area contributed by atoms with Gasteiger partial charge in [-0.05, 0) is 12.8 Å². The Hall–Kier alpha value is -0.850. The number of nitrogens with zero attached hydrogens (tertiary/aromatic N) is 2. The van der Waals surface area contributed by atoms with Gasteiger partial charge < -0.3 is 20.3 Å². The van der Waals surface area contributed by atoms with Crippen LogP contribution in [-0.4, -0.2) is 67.6 Å². The van der Waals surface area contributed by atoms with Gasteiger partial charge in [0.2, 0.25) is 11.8 Å². The maximum Gasteiger partial charge on any atom is 0.243 e. The molecule has 128 valence electrons. The SMILES string of the molecule is CN(C)C(=O)CN(C)C(=O)C1(N)C2CCCOC2C1(C)C.Cl. The molecule has 22 heavy (non-hydrogen) atoms. The number of hydrogen-bond donors (Lipinski definition) is 1. The van der Waals surface area contributed by atoms with Gasteiger partial charge in [-0.3, -0.25) is 9.59 Å². The number of carbonyl (C=O) groups is 2. The topological polar surface area (TPSA) is 75.9 Å². The molecule has 0 aromatic rings. The average Bonchev–Trinajstić information content (AvgIpc) is 2.45. The molecule has 0 aromatic carbocycles. The van der Waals surface area contributed by atoms with Crippen molar-refractivity contribution in [3.8, 4) is 0 Å². The Morgan fingerprint density at radius 1 is 1.27 bits per heavy atom. The number of likely N-dealkylation sites (N-methyl/N-ethyl adjacent to an activating group) is 2. The number of carbonyl (C=O) groups excluding carboxylic acids is 2. The molecule has 3 unspecified atom stereocenters. The molecule has 1 heterocycles. The van der Waals surface area contributed by atoms with Crippen LogP contribution in [0.3, 0.4) is 0 Å². The minimum absolute atomic E-state index is 0. The second-order valence-corrected chi connectivity index (χ2v) is 7.08. The first-order chi connectivity index (χ1) is 9.64. The Morgan fingerprint density at radius 3 is 2.41 bits per heavy atom. The third-order valence-electron chi connectivity index (χ3n) is 5.26. The van der Waals surface area contributed by atoms with Crippen LogP contribution in [0.2, 0.25) is 0 Å². The number of rotatable bonds is 3. The first-order valence-electron chi connectivity index (χ1n) is 7.50. The van der Waals surface area contributed by atoms with Crippen molar-refractivity contribution in [1.82, 2.24) is 9.80 Å². The fraction of sp³-hybridized carbons (Fsp3) is 0.867. The fourth-order valence-electron chi connectivity index (χ4n) is 3.74. The van der Waals surface area contributed by atoms with Gasteiger partial charge in [0.15, 0.2) is 0 Å². The molecule has 1 aliphatic heterocycles. The van der Waals surface area contributed by atoms with E-state index >= 15 is 0 Å². The van der Waals surface area contributed by atoms with Gasteiger partial charge in [-0.2, -0.15) is 0 Å². The molecule has 0 radical (unpaired) electrons. The van der Waals surface area contributed by atoms with E-state index in [1.165, 1.54) is 9.80 Å². The molecule has 2 rings (SSSR count). The van der Waals surface area contributed by atoms with Crippen LogP contribution in [-0.2, 0) is 14.3 Å². The van der Waals surface area contributed by atoms with Crippen LogP contribution >= 0.6 is 12.4 Å². The second-order valence-electron chi connectivity index (χ2n) is 7.08. The molecule has 0 spiro atoms. The molecular weight excluding hydrogens is 306 g/mol. The molecule has 1 saturated heterocycles. The zero-order valence-electron chi connectivity index (χ0n) is 14.1.